The number of hydrogen-bond donors (Lipinski definition) is 1. The van der Waals surface area contributed by atoms with Crippen LogP contribution in [0.3, 0.4) is 0 Å². The van der Waals surface area contributed by atoms with Crippen LogP contribution in [0, 0.1) is 0 Å². The van der Waals surface area contributed by atoms with Gasteiger partial charge in [-0.05, 0) is 36.1 Å². The number of carbonyl (C=O) groups excluding carboxylic acids is 1. The van der Waals surface area contributed by atoms with E-state index in [1.165, 1.54) is 5.56 Å². The molecule has 0 aromatic heterocycles. The highest BCUT2D eigenvalue weighted by Gasteiger charge is 2.26. The molecule has 2 aromatic carbocycles. The zero-order valence-corrected chi connectivity index (χ0v) is 13.5. The maximum Gasteiger partial charge on any atom is 0.335 e. The molecule has 0 radical (unpaired) electrons. The zero-order chi connectivity index (χ0) is 16.9. The molecule has 0 spiro atoms. The lowest BCUT2D eigenvalue weighted by atomic mass is 9.99. The lowest BCUT2D eigenvalue weighted by Gasteiger charge is -2.17. The zero-order valence-electron chi connectivity index (χ0n) is 13.5. The smallest absolute Gasteiger partial charge is 0.335 e. The molecule has 0 unspecified atom stereocenters. The predicted octanol–water partition coefficient (Wildman–Crippen LogP) is 3.33. The number of aryl methyl sites for hydroxylation is 1. The number of likely N-dealkylation sites (tertiary alicyclic amines) is 1. The molecular weight excluding hydrogens is 302 g/mol. The van der Waals surface area contributed by atoms with Crippen molar-refractivity contribution in [1.82, 2.24) is 4.90 Å². The van der Waals surface area contributed by atoms with Gasteiger partial charge in [0.25, 0.3) is 0 Å². The summed E-state index contributed by atoms with van der Waals surface area (Å²) >= 11 is 0. The Bertz CT molecular complexity index is 709. The first kappa shape index (κ1) is 16.2. The van der Waals surface area contributed by atoms with Gasteiger partial charge in [0.2, 0.25) is 5.91 Å². The SMILES string of the molecule is O=C(O)c1ccc(CCC(=O)N2CC[C@H](c3ccccc3)C2)cc1. The summed E-state index contributed by atoms with van der Waals surface area (Å²) in [7, 11) is 0. The number of hydrogen-bond acceptors (Lipinski definition) is 2. The van der Waals surface area contributed by atoms with Crippen LogP contribution in [0.1, 0.15) is 40.2 Å². The monoisotopic (exact) mass is 323 g/mol. The van der Waals surface area contributed by atoms with Gasteiger partial charge in [0.05, 0.1) is 5.56 Å². The minimum atomic E-state index is -0.929. The molecule has 124 valence electrons. The maximum atomic E-state index is 12.4. The van der Waals surface area contributed by atoms with E-state index in [0.717, 1.165) is 25.1 Å². The summed E-state index contributed by atoms with van der Waals surface area (Å²) in [5.41, 5.74) is 2.57. The minimum absolute atomic E-state index is 0.177. The van der Waals surface area contributed by atoms with Gasteiger partial charge in [0.15, 0.2) is 0 Å². The molecule has 1 saturated heterocycles. The molecule has 2 aromatic rings. The highest BCUT2D eigenvalue weighted by molar-refractivity contribution is 5.87. The van der Waals surface area contributed by atoms with Crippen molar-refractivity contribution in [3.63, 3.8) is 0 Å². The molecule has 1 aliphatic rings. The first-order chi connectivity index (χ1) is 11.6. The molecule has 0 aliphatic carbocycles. The fourth-order valence-electron chi connectivity index (χ4n) is 3.21. The molecular formula is C20H21NO3. The van der Waals surface area contributed by atoms with E-state index in [0.29, 0.717) is 18.8 Å². The van der Waals surface area contributed by atoms with Crippen molar-refractivity contribution < 1.29 is 14.7 Å². The highest BCUT2D eigenvalue weighted by Crippen LogP contribution is 2.27. The Balaban J connectivity index is 1.51. The standard InChI is InChI=1S/C20H21NO3/c22-19(11-8-15-6-9-17(10-7-15)20(23)24)21-13-12-18(14-21)16-4-2-1-3-5-16/h1-7,9-10,18H,8,11-14H2,(H,23,24)/t18-/m0/s1. The summed E-state index contributed by atoms with van der Waals surface area (Å²) in [6.45, 7) is 1.61. The first-order valence-corrected chi connectivity index (χ1v) is 8.28. The van der Waals surface area contributed by atoms with Crippen LogP contribution in [0.25, 0.3) is 0 Å². The van der Waals surface area contributed by atoms with Crippen molar-refractivity contribution in [2.75, 3.05) is 13.1 Å². The van der Waals surface area contributed by atoms with E-state index in [9.17, 15) is 9.59 Å². The fourth-order valence-corrected chi connectivity index (χ4v) is 3.21. The molecule has 0 bridgehead atoms. The number of nitrogens with zero attached hydrogens (tertiary/aromatic N) is 1. The number of carboxylic acid groups (broad SMARTS) is 1. The van der Waals surface area contributed by atoms with E-state index in [4.69, 9.17) is 5.11 Å². The van der Waals surface area contributed by atoms with E-state index >= 15 is 0 Å². The second-order valence-electron chi connectivity index (χ2n) is 6.24. The molecule has 4 heteroatoms. The van der Waals surface area contributed by atoms with Gasteiger partial charge in [-0.15, -0.1) is 0 Å². The fraction of sp³-hybridized carbons (Fsp3) is 0.300. The number of carboxylic acids is 1. The largest absolute Gasteiger partial charge is 0.478 e. The third-order valence-corrected chi connectivity index (χ3v) is 4.64. The van der Waals surface area contributed by atoms with Gasteiger partial charge in [-0.1, -0.05) is 42.5 Å². The van der Waals surface area contributed by atoms with Crippen LogP contribution >= 0.6 is 0 Å². The first-order valence-electron chi connectivity index (χ1n) is 8.28. The number of rotatable bonds is 5. The predicted molar refractivity (Wildman–Crippen MR) is 92.1 cm³/mol. The molecule has 24 heavy (non-hydrogen) atoms. The van der Waals surface area contributed by atoms with Gasteiger partial charge in [-0.2, -0.15) is 0 Å². The Hall–Kier alpha value is -2.62. The van der Waals surface area contributed by atoms with E-state index in [2.05, 4.69) is 12.1 Å². The quantitative estimate of drug-likeness (QED) is 0.918. The molecule has 1 amide bonds. The van der Waals surface area contributed by atoms with Gasteiger partial charge in [0.1, 0.15) is 0 Å². The van der Waals surface area contributed by atoms with Crippen molar-refractivity contribution in [3.8, 4) is 0 Å². The Kier molecular flexibility index (Phi) is 4.94. The second kappa shape index (κ2) is 7.30. The third kappa shape index (κ3) is 3.82. The summed E-state index contributed by atoms with van der Waals surface area (Å²) in [5.74, 6) is -0.317. The summed E-state index contributed by atoms with van der Waals surface area (Å²) in [6.07, 6.45) is 2.13. The summed E-state index contributed by atoms with van der Waals surface area (Å²) in [5, 5.41) is 8.90. The molecule has 1 fully saturated rings. The Morgan fingerprint density at radius 3 is 2.42 bits per heavy atom. The summed E-state index contributed by atoms with van der Waals surface area (Å²) < 4.78 is 0. The topological polar surface area (TPSA) is 57.6 Å². The average Bonchev–Trinajstić information content (AvgIpc) is 3.11. The minimum Gasteiger partial charge on any atom is -0.478 e. The average molecular weight is 323 g/mol. The summed E-state index contributed by atoms with van der Waals surface area (Å²) in [6, 6.07) is 17.1. The van der Waals surface area contributed by atoms with Crippen LogP contribution < -0.4 is 0 Å². The van der Waals surface area contributed by atoms with E-state index in [1.54, 1.807) is 24.3 Å². The lowest BCUT2D eigenvalue weighted by Crippen LogP contribution is -2.28. The third-order valence-electron chi connectivity index (χ3n) is 4.64. The number of amides is 1. The van der Waals surface area contributed by atoms with Crippen molar-refractivity contribution in [2.45, 2.75) is 25.2 Å². The molecule has 1 atom stereocenters. The number of benzene rings is 2. The van der Waals surface area contributed by atoms with Crippen molar-refractivity contribution in [2.24, 2.45) is 0 Å². The van der Waals surface area contributed by atoms with Crippen molar-refractivity contribution >= 4 is 11.9 Å². The lowest BCUT2D eigenvalue weighted by molar-refractivity contribution is -0.130. The second-order valence-corrected chi connectivity index (χ2v) is 6.24. The highest BCUT2D eigenvalue weighted by atomic mass is 16.4. The molecule has 1 N–H and O–H groups in total. The van der Waals surface area contributed by atoms with Gasteiger partial charge in [-0.3, -0.25) is 4.79 Å². The molecule has 3 rings (SSSR count). The van der Waals surface area contributed by atoms with Crippen LogP contribution in [0.5, 0.6) is 0 Å². The van der Waals surface area contributed by atoms with Crippen molar-refractivity contribution in [1.29, 1.82) is 0 Å². The Morgan fingerprint density at radius 1 is 1.04 bits per heavy atom. The summed E-state index contributed by atoms with van der Waals surface area (Å²) in [4.78, 5) is 25.2. The van der Waals surface area contributed by atoms with E-state index in [1.807, 2.05) is 23.1 Å². The van der Waals surface area contributed by atoms with Crippen LogP contribution in [-0.4, -0.2) is 35.0 Å². The van der Waals surface area contributed by atoms with Gasteiger partial charge < -0.3 is 10.0 Å². The molecule has 1 aliphatic heterocycles. The number of aromatic carboxylic acids is 1. The van der Waals surface area contributed by atoms with Crippen LogP contribution in [-0.2, 0) is 11.2 Å². The Morgan fingerprint density at radius 2 is 1.75 bits per heavy atom. The van der Waals surface area contributed by atoms with Crippen LogP contribution in [0.4, 0.5) is 0 Å². The van der Waals surface area contributed by atoms with Crippen molar-refractivity contribution in [3.05, 3.63) is 71.3 Å². The molecule has 4 nitrogen and oxygen atoms in total. The van der Waals surface area contributed by atoms with E-state index in [-0.39, 0.29) is 11.5 Å². The van der Waals surface area contributed by atoms with Crippen LogP contribution in [0.15, 0.2) is 54.6 Å². The maximum absolute atomic E-state index is 12.4. The molecule has 1 heterocycles. The van der Waals surface area contributed by atoms with E-state index < -0.39 is 5.97 Å². The van der Waals surface area contributed by atoms with Crippen LogP contribution in [0.2, 0.25) is 0 Å². The van der Waals surface area contributed by atoms with Gasteiger partial charge in [0, 0.05) is 25.4 Å². The molecule has 0 saturated carbocycles. The Labute approximate surface area is 141 Å². The number of carbonyl (C=O) groups is 2. The normalized spacial score (nSPS) is 17.0. The van der Waals surface area contributed by atoms with Gasteiger partial charge >= 0.3 is 5.97 Å². The van der Waals surface area contributed by atoms with Gasteiger partial charge in [-0.25, -0.2) is 4.79 Å².